The van der Waals surface area contributed by atoms with E-state index in [1.165, 1.54) is 63.3 Å². The average Bonchev–Trinajstić information content (AvgIpc) is 1.64. The third kappa shape index (κ3) is 17.3. The van der Waals surface area contributed by atoms with Crippen LogP contribution in [0.4, 0.5) is 32.1 Å². The molecule has 19 rings (SSSR count). The van der Waals surface area contributed by atoms with Crippen LogP contribution in [0.3, 0.4) is 0 Å². The molecule has 5 aliphatic carbocycles. The molecule has 0 radical (unpaired) electrons. The lowest BCUT2D eigenvalue weighted by atomic mass is 9.93. The van der Waals surface area contributed by atoms with Crippen LogP contribution in [0, 0.1) is 33.6 Å². The number of rotatable bonds is 22. The van der Waals surface area contributed by atoms with Crippen molar-refractivity contribution in [3.05, 3.63) is 201 Å². The van der Waals surface area contributed by atoms with Gasteiger partial charge in [-0.2, -0.15) is 20.1 Å². The Labute approximate surface area is 684 Å². The van der Waals surface area contributed by atoms with E-state index >= 15 is 0 Å². The highest BCUT2D eigenvalue weighted by Gasteiger charge is 2.34. The van der Waals surface area contributed by atoms with Crippen molar-refractivity contribution in [3.63, 3.8) is 0 Å². The van der Waals surface area contributed by atoms with Crippen LogP contribution in [0.1, 0.15) is 186 Å². The van der Waals surface area contributed by atoms with Crippen molar-refractivity contribution in [2.75, 3.05) is 44.5 Å². The molecule has 9 heterocycles. The van der Waals surface area contributed by atoms with Crippen LogP contribution in [-0.4, -0.2) is 140 Å². The summed E-state index contributed by atoms with van der Waals surface area (Å²) in [6, 6.07) is 28.3. The summed E-state index contributed by atoms with van der Waals surface area (Å²) in [6.07, 6.45) is 24.9. The van der Waals surface area contributed by atoms with E-state index in [1.54, 1.807) is 35.7 Å². The number of fused-ring (bicyclic) bond motifs is 6. The van der Waals surface area contributed by atoms with Gasteiger partial charge < -0.3 is 63.3 Å². The van der Waals surface area contributed by atoms with E-state index in [2.05, 4.69) is 70.6 Å². The summed E-state index contributed by atoms with van der Waals surface area (Å²) in [5, 5.41) is 17.0. The molecule has 5 N–H and O–H groups in total. The number of oxazole rings is 3. The van der Waals surface area contributed by atoms with Crippen molar-refractivity contribution in [3.8, 4) is 34.4 Å². The average molecular weight is 1610 g/mol. The van der Waals surface area contributed by atoms with E-state index in [9.17, 15) is 23.2 Å². The molecule has 8 aromatic heterocycles. The number of aryl methyl sites for hydroxylation is 5. The molecule has 0 atom stereocenters. The summed E-state index contributed by atoms with van der Waals surface area (Å²) in [5.41, 5.74) is 20.6. The van der Waals surface area contributed by atoms with Gasteiger partial charge in [0.2, 0.25) is 29.6 Å². The lowest BCUT2D eigenvalue weighted by molar-refractivity contribution is -0.133. The number of methoxy groups -OCH3 is 2. The number of allylic oxidation sites excluding steroid dienone is 2. The summed E-state index contributed by atoms with van der Waals surface area (Å²) in [4.78, 5) is 84.5. The fraction of sp³-hybridized carbons (Fsp3) is 0.367. The van der Waals surface area contributed by atoms with Crippen LogP contribution in [0.5, 0.6) is 23.3 Å². The number of ether oxygens (including phenoxy) is 4. The van der Waals surface area contributed by atoms with E-state index in [-0.39, 0.29) is 35.6 Å². The van der Waals surface area contributed by atoms with Gasteiger partial charge in [0.05, 0.1) is 71.9 Å². The number of anilines is 4. The quantitative estimate of drug-likeness (QED) is 0.0421. The smallest absolute Gasteiger partial charge is 0.262 e. The largest absolute Gasteiger partial charge is 0.496 e. The number of H-pyrrole nitrogens is 1. The van der Waals surface area contributed by atoms with E-state index in [0.29, 0.717) is 107 Å². The Morgan fingerprint density at radius 2 is 1.14 bits per heavy atom. The summed E-state index contributed by atoms with van der Waals surface area (Å²) in [7, 11) is 4.97. The maximum atomic E-state index is 13.2. The number of hydrogen-bond donors (Lipinski definition) is 5. The molecule has 4 fully saturated rings. The Morgan fingerprint density at radius 1 is 0.597 bits per heavy atom. The van der Waals surface area contributed by atoms with Crippen molar-refractivity contribution < 1.29 is 55.4 Å². The number of aromatic amines is 1. The first kappa shape index (κ1) is 78.6. The molecule has 3 amide bonds. The number of carbonyl (C=O) groups is 3. The molecule has 0 spiro atoms. The molecule has 0 bridgehead atoms. The maximum Gasteiger partial charge on any atom is 0.262 e. The van der Waals surface area contributed by atoms with Crippen LogP contribution in [-0.2, 0) is 37.5 Å². The lowest BCUT2D eigenvalue weighted by Gasteiger charge is -2.38. The molecule has 1 aliphatic heterocycles. The van der Waals surface area contributed by atoms with Crippen LogP contribution in [0.2, 0.25) is 0 Å². The second-order valence-electron chi connectivity index (χ2n) is 31.7. The second-order valence-corrected chi connectivity index (χ2v) is 31.7. The zero-order valence-electron chi connectivity index (χ0n) is 67.9. The monoisotopic (exact) mass is 1610 g/mol. The predicted octanol–water partition coefficient (Wildman–Crippen LogP) is 16.8. The van der Waals surface area contributed by atoms with Crippen LogP contribution >= 0.6 is 0 Å². The fourth-order valence-electron chi connectivity index (χ4n) is 16.8. The predicted molar refractivity (Wildman–Crippen MR) is 446 cm³/mol. The molecule has 3 saturated carbocycles. The van der Waals surface area contributed by atoms with E-state index < -0.39 is 18.4 Å². The summed E-state index contributed by atoms with van der Waals surface area (Å²) >= 11 is 0. The zero-order chi connectivity index (χ0) is 82.3. The number of nitrogens with zero attached hydrogens (tertiary/aromatic N) is 12. The minimum absolute atomic E-state index is 0.0247. The molecule has 6 aliphatic rings. The van der Waals surface area contributed by atoms with Gasteiger partial charge in [-0.15, -0.1) is 0 Å². The Morgan fingerprint density at radius 3 is 1.75 bits per heavy atom. The van der Waals surface area contributed by atoms with Gasteiger partial charge in [-0.25, -0.2) is 38.7 Å². The van der Waals surface area contributed by atoms with E-state index in [0.717, 1.165) is 170 Å². The Bertz CT molecular complexity index is 6130. The van der Waals surface area contributed by atoms with E-state index in [1.807, 2.05) is 102 Å². The first-order valence-electron chi connectivity index (χ1n) is 40.7. The number of likely N-dealkylation sites (tertiary alicyclic amines) is 1. The molecule has 119 heavy (non-hydrogen) atoms. The van der Waals surface area contributed by atoms with Gasteiger partial charge in [0, 0.05) is 114 Å². The molecule has 5 aromatic carbocycles. The molecular weight excluding hydrogens is 1520 g/mol. The van der Waals surface area contributed by atoms with Crippen molar-refractivity contribution >= 4 is 96.5 Å². The Balaban J connectivity index is 0.000000129. The molecule has 13 aromatic rings. The number of nitrogens with one attached hydrogen (secondary N) is 5. The zero-order valence-corrected chi connectivity index (χ0v) is 67.9. The van der Waals surface area contributed by atoms with Crippen molar-refractivity contribution in [2.45, 2.75) is 168 Å². The van der Waals surface area contributed by atoms with Gasteiger partial charge in [0.1, 0.15) is 51.7 Å². The van der Waals surface area contributed by atoms with Gasteiger partial charge in [0.25, 0.3) is 17.7 Å². The first-order valence-corrected chi connectivity index (χ1v) is 40.7. The van der Waals surface area contributed by atoms with E-state index in [4.69, 9.17) is 62.1 Å². The number of amides is 3. The highest BCUT2D eigenvalue weighted by molar-refractivity contribution is 6.00. The van der Waals surface area contributed by atoms with Crippen molar-refractivity contribution in [1.29, 1.82) is 0 Å². The Hall–Kier alpha value is -13.0. The molecular formula is C90H93F2N17O10. The number of benzene rings is 5. The summed E-state index contributed by atoms with van der Waals surface area (Å²) in [6.45, 7) is 10.1. The van der Waals surface area contributed by atoms with Crippen molar-refractivity contribution in [2.24, 2.45) is 13.0 Å². The summed E-state index contributed by atoms with van der Waals surface area (Å²) in [5.74, 6) is 2.38. The van der Waals surface area contributed by atoms with Gasteiger partial charge in [-0.3, -0.25) is 19.1 Å². The standard InChI is InChI=1S/C35H37N5O4.C31H31F2N5O4.C24H25N7O2/c1-20-36-28-12-10-23(15-32(28)44-20)27-11-13-29-34(27)30(14-22-6-4-5-7-22)39-33(38-29)17-24-8-9-25(16-31(24)43-3)35(42)37-26-18-40(19-26)21(2)41;1-17-35-23-11-8-18(14-26(23)41-17)21-10-13-24-27(21)29(42-20-6-4-5-7-20)38-30(37-24)36-22-12-9-19(15-25(22)40-3)28(39)34-16-31(2,32)33;1-13-19(12-31(3)30-13)27-24-28-22-21(23(29-24)33-16-6-4-5-7-16)17(11-25-22)15-8-9-18-20(10-15)32-14(2)26-18/h8-12,15-16,22,26H,4-7,13-14,17-19H2,1-3H3,(H,37,42);8-12,14-15,20H,4-7,13,16H2,1-3H3,(H,34,39)(H,36,37,38);8-12,16H,4-7H2,1-3H3,(H2,25,27,28,29). The van der Waals surface area contributed by atoms with Crippen LogP contribution < -0.4 is 40.2 Å². The normalized spacial score (nSPS) is 15.5. The molecule has 0 unspecified atom stereocenters. The second kappa shape index (κ2) is 33.2. The SMILES string of the molecule is COc1cc(C(=O)NC2CN(C(C)=O)C2)ccc1Cc1nc2c(c(CC3CCCC3)n1)C(c1ccc3nc(C)oc3c1)=CC2.COc1cc(C(=O)NCC(C)(F)F)ccc1Nc1nc2c(c(OC3CCCC3)n1)C(c1ccc3nc(C)oc3c1)=CC2.Cc1nc2ccc(-c3c[nH]c4nc(Nc5cn(C)nc5C)nc(OC5CCCC5)c34)cc2o1. The van der Waals surface area contributed by atoms with Crippen molar-refractivity contribution in [1.82, 2.24) is 75.2 Å². The van der Waals surface area contributed by atoms with Gasteiger partial charge in [0.15, 0.2) is 34.4 Å². The fourth-order valence-corrected chi connectivity index (χ4v) is 16.8. The number of hydrogen-bond acceptors (Lipinski definition) is 22. The highest BCUT2D eigenvalue weighted by atomic mass is 19.3. The number of alkyl halides is 2. The minimum atomic E-state index is -3.01. The third-order valence-corrected chi connectivity index (χ3v) is 22.7. The molecule has 27 nitrogen and oxygen atoms in total. The number of aromatic nitrogens is 12. The highest BCUT2D eigenvalue weighted by Crippen LogP contribution is 2.44. The third-order valence-electron chi connectivity index (χ3n) is 22.7. The van der Waals surface area contributed by atoms with Gasteiger partial charge in [-0.05, 0) is 165 Å². The van der Waals surface area contributed by atoms with Gasteiger partial charge in [-0.1, -0.05) is 62.1 Å². The Kier molecular flexibility index (Phi) is 21.9. The molecule has 612 valence electrons. The maximum absolute atomic E-state index is 13.2. The number of carbonyl (C=O) groups excluding carboxylic acids is 3. The van der Waals surface area contributed by atoms with Crippen LogP contribution in [0.15, 0.2) is 129 Å². The van der Waals surface area contributed by atoms with Crippen LogP contribution in [0.25, 0.3) is 66.6 Å². The molecule has 1 saturated heterocycles. The topological polar surface area (TPSA) is 329 Å². The van der Waals surface area contributed by atoms with Gasteiger partial charge >= 0.3 is 0 Å². The molecule has 29 heteroatoms. The number of halogens is 2. The first-order chi connectivity index (χ1) is 57.5. The lowest BCUT2D eigenvalue weighted by Crippen LogP contribution is -2.60. The summed E-state index contributed by atoms with van der Waals surface area (Å²) < 4.78 is 69.7. The minimum Gasteiger partial charge on any atom is -0.496 e.